The summed E-state index contributed by atoms with van der Waals surface area (Å²) >= 11 is 1.70. The molecule has 3 aromatic carbocycles. The number of benzene rings is 3. The van der Waals surface area contributed by atoms with Gasteiger partial charge in [0.25, 0.3) is 17.4 Å². The van der Waals surface area contributed by atoms with E-state index in [-0.39, 0.29) is 17.8 Å². The van der Waals surface area contributed by atoms with E-state index in [0.29, 0.717) is 16.3 Å². The van der Waals surface area contributed by atoms with Crippen LogP contribution in [0, 0.1) is 0 Å². The fraction of sp³-hybridized carbons (Fsp3) is 0.120. The number of fused-ring (bicyclic) bond motifs is 1. The predicted octanol–water partition coefficient (Wildman–Crippen LogP) is 3.38. The molecule has 0 unspecified atom stereocenters. The van der Waals surface area contributed by atoms with Gasteiger partial charge in [-0.25, -0.2) is 4.68 Å². The lowest BCUT2D eigenvalue weighted by Gasteiger charge is -2.12. The van der Waals surface area contributed by atoms with Crippen molar-refractivity contribution in [3.8, 4) is 0 Å². The fourth-order valence-electron chi connectivity index (χ4n) is 3.43. The van der Waals surface area contributed by atoms with Gasteiger partial charge in [0.15, 0.2) is 5.69 Å². The molecule has 0 bridgehead atoms. The number of rotatable bonds is 6. The number of hydrogen-bond acceptors (Lipinski definition) is 5. The number of hydrazine groups is 1. The number of nitrogens with one attached hydrogen (secondary N) is 2. The van der Waals surface area contributed by atoms with Crippen LogP contribution in [0.4, 0.5) is 0 Å². The van der Waals surface area contributed by atoms with Gasteiger partial charge in [-0.3, -0.25) is 25.2 Å². The van der Waals surface area contributed by atoms with Crippen molar-refractivity contribution in [1.29, 1.82) is 0 Å². The first-order chi connectivity index (χ1) is 16.1. The predicted molar refractivity (Wildman–Crippen MR) is 130 cm³/mol. The van der Waals surface area contributed by atoms with E-state index < -0.39 is 11.8 Å². The first-order valence-corrected chi connectivity index (χ1v) is 11.7. The number of aromatic nitrogens is 2. The van der Waals surface area contributed by atoms with Gasteiger partial charge in [0.05, 0.1) is 11.9 Å². The van der Waals surface area contributed by atoms with E-state index >= 15 is 0 Å². The maximum Gasteiger partial charge on any atom is 0.290 e. The molecule has 2 N–H and O–H groups in total. The molecular weight excluding hydrogens is 436 g/mol. The van der Waals surface area contributed by atoms with Crippen LogP contribution in [0.1, 0.15) is 32.0 Å². The molecule has 0 saturated carbocycles. The highest BCUT2D eigenvalue weighted by Crippen LogP contribution is 2.14. The van der Waals surface area contributed by atoms with Crippen molar-refractivity contribution in [3.05, 3.63) is 112 Å². The SMILES string of the molecule is CSCc1ccc(C(=O)NNC(=O)c2nn(Cc3ccccc3)c(=O)c3ccccc23)cc1. The molecule has 7 nitrogen and oxygen atoms in total. The zero-order chi connectivity index (χ0) is 23.2. The summed E-state index contributed by atoms with van der Waals surface area (Å²) in [5.74, 6) is -0.197. The van der Waals surface area contributed by atoms with Gasteiger partial charge in [0.2, 0.25) is 0 Å². The second kappa shape index (κ2) is 10.1. The molecule has 0 fully saturated rings. The van der Waals surface area contributed by atoms with E-state index in [1.807, 2.05) is 48.7 Å². The summed E-state index contributed by atoms with van der Waals surface area (Å²) in [6, 6.07) is 23.4. The largest absolute Gasteiger partial charge is 0.290 e. The molecule has 0 aliphatic rings. The lowest BCUT2D eigenvalue weighted by Crippen LogP contribution is -2.42. The highest BCUT2D eigenvalue weighted by atomic mass is 32.2. The summed E-state index contributed by atoms with van der Waals surface area (Å²) in [5.41, 5.74) is 7.02. The number of amides is 2. The van der Waals surface area contributed by atoms with Crippen LogP contribution in [0.25, 0.3) is 10.8 Å². The summed E-state index contributed by atoms with van der Waals surface area (Å²) in [6.07, 6.45) is 2.01. The molecule has 0 aliphatic heterocycles. The lowest BCUT2D eigenvalue weighted by atomic mass is 10.1. The first-order valence-electron chi connectivity index (χ1n) is 10.3. The Kier molecular flexibility index (Phi) is 6.85. The molecule has 8 heteroatoms. The third kappa shape index (κ3) is 5.12. The third-order valence-electron chi connectivity index (χ3n) is 5.07. The summed E-state index contributed by atoms with van der Waals surface area (Å²) in [5, 5.41) is 5.11. The van der Waals surface area contributed by atoms with Gasteiger partial charge in [-0.2, -0.15) is 16.9 Å². The van der Waals surface area contributed by atoms with E-state index in [9.17, 15) is 14.4 Å². The molecule has 4 rings (SSSR count). The Hall–Kier alpha value is -3.91. The molecule has 0 aliphatic carbocycles. The van der Waals surface area contributed by atoms with Crippen LogP contribution in [-0.2, 0) is 12.3 Å². The van der Waals surface area contributed by atoms with E-state index in [0.717, 1.165) is 16.9 Å². The number of carbonyl (C=O) groups is 2. The Bertz CT molecular complexity index is 1350. The van der Waals surface area contributed by atoms with Gasteiger partial charge in [0.1, 0.15) is 0 Å². The molecular formula is C25H22N4O3S. The van der Waals surface area contributed by atoms with E-state index in [1.165, 1.54) is 4.68 Å². The molecule has 33 heavy (non-hydrogen) atoms. The van der Waals surface area contributed by atoms with Gasteiger partial charge < -0.3 is 0 Å². The van der Waals surface area contributed by atoms with Crippen molar-refractivity contribution in [1.82, 2.24) is 20.6 Å². The normalized spacial score (nSPS) is 10.7. The van der Waals surface area contributed by atoms with E-state index in [4.69, 9.17) is 0 Å². The van der Waals surface area contributed by atoms with Crippen LogP contribution in [0.5, 0.6) is 0 Å². The van der Waals surface area contributed by atoms with Gasteiger partial charge >= 0.3 is 0 Å². The second-order valence-electron chi connectivity index (χ2n) is 7.38. The highest BCUT2D eigenvalue weighted by molar-refractivity contribution is 7.97. The molecule has 0 atom stereocenters. The van der Waals surface area contributed by atoms with Crippen molar-refractivity contribution in [3.63, 3.8) is 0 Å². The van der Waals surface area contributed by atoms with E-state index in [2.05, 4.69) is 16.0 Å². The summed E-state index contributed by atoms with van der Waals surface area (Å²) in [4.78, 5) is 38.3. The molecule has 0 saturated heterocycles. The summed E-state index contributed by atoms with van der Waals surface area (Å²) < 4.78 is 1.26. The van der Waals surface area contributed by atoms with Crippen molar-refractivity contribution in [2.24, 2.45) is 0 Å². The molecule has 0 spiro atoms. The van der Waals surface area contributed by atoms with Gasteiger partial charge in [-0.05, 0) is 35.6 Å². The maximum atomic E-state index is 12.9. The van der Waals surface area contributed by atoms with Crippen LogP contribution < -0.4 is 16.4 Å². The fourth-order valence-corrected chi connectivity index (χ4v) is 3.96. The van der Waals surface area contributed by atoms with Gasteiger partial charge in [-0.1, -0.05) is 60.7 Å². The van der Waals surface area contributed by atoms with Crippen molar-refractivity contribution >= 4 is 34.3 Å². The first kappa shape index (κ1) is 22.3. The molecule has 1 heterocycles. The number of hydrogen-bond donors (Lipinski definition) is 2. The van der Waals surface area contributed by atoms with Gasteiger partial charge in [0, 0.05) is 16.7 Å². The third-order valence-corrected chi connectivity index (χ3v) is 5.70. The zero-order valence-electron chi connectivity index (χ0n) is 17.9. The Labute approximate surface area is 194 Å². The maximum absolute atomic E-state index is 12.9. The van der Waals surface area contributed by atoms with Crippen LogP contribution in [0.3, 0.4) is 0 Å². The standard InChI is InChI=1S/C25H22N4O3S/c1-33-16-18-11-13-19(14-12-18)23(30)26-27-24(31)22-20-9-5-6-10-21(20)25(32)29(28-22)15-17-7-3-2-4-8-17/h2-14H,15-16H2,1H3,(H,26,30)(H,27,31). The number of nitrogens with zero attached hydrogens (tertiary/aromatic N) is 2. The Morgan fingerprint density at radius 2 is 1.45 bits per heavy atom. The van der Waals surface area contributed by atoms with Crippen LogP contribution >= 0.6 is 11.8 Å². The minimum absolute atomic E-state index is 0.0525. The van der Waals surface area contributed by atoms with Crippen LogP contribution in [-0.4, -0.2) is 27.9 Å². The zero-order valence-corrected chi connectivity index (χ0v) is 18.8. The Morgan fingerprint density at radius 1 is 0.818 bits per heavy atom. The quantitative estimate of drug-likeness (QED) is 0.432. The Balaban J connectivity index is 1.57. The Morgan fingerprint density at radius 3 is 2.15 bits per heavy atom. The average molecular weight is 459 g/mol. The van der Waals surface area contributed by atoms with Crippen LogP contribution in [0.15, 0.2) is 83.7 Å². The van der Waals surface area contributed by atoms with Crippen molar-refractivity contribution < 1.29 is 9.59 Å². The molecule has 4 aromatic rings. The minimum Gasteiger partial charge on any atom is -0.267 e. The molecule has 0 radical (unpaired) electrons. The second-order valence-corrected chi connectivity index (χ2v) is 8.25. The summed E-state index contributed by atoms with van der Waals surface area (Å²) in [7, 11) is 0. The topological polar surface area (TPSA) is 93.1 Å². The average Bonchev–Trinajstić information content (AvgIpc) is 2.85. The van der Waals surface area contributed by atoms with Gasteiger partial charge in [-0.15, -0.1) is 0 Å². The van der Waals surface area contributed by atoms with Crippen molar-refractivity contribution in [2.45, 2.75) is 12.3 Å². The molecule has 166 valence electrons. The minimum atomic E-state index is -0.611. The van der Waals surface area contributed by atoms with E-state index in [1.54, 1.807) is 48.2 Å². The lowest BCUT2D eigenvalue weighted by molar-refractivity contribution is 0.0843. The van der Waals surface area contributed by atoms with Crippen LogP contribution in [0.2, 0.25) is 0 Å². The smallest absolute Gasteiger partial charge is 0.267 e. The number of thioether (sulfide) groups is 1. The monoisotopic (exact) mass is 458 g/mol. The molecule has 2 amide bonds. The summed E-state index contributed by atoms with van der Waals surface area (Å²) in [6.45, 7) is 0.222. The highest BCUT2D eigenvalue weighted by Gasteiger charge is 2.18. The van der Waals surface area contributed by atoms with Crippen molar-refractivity contribution in [2.75, 3.05) is 6.26 Å². The molecule has 1 aromatic heterocycles. The number of carbonyl (C=O) groups excluding carboxylic acids is 2.